The highest BCUT2D eigenvalue weighted by Crippen LogP contribution is 2.55. The maximum atomic E-state index is 11.9. The van der Waals surface area contributed by atoms with Crippen LogP contribution in [0.1, 0.15) is 26.7 Å². The second kappa shape index (κ2) is 6.03. The van der Waals surface area contributed by atoms with Crippen molar-refractivity contribution in [2.45, 2.75) is 58.1 Å². The Hall–Kier alpha value is -0.0700. The molecule has 0 aromatic rings. The Morgan fingerprint density at radius 3 is 2.78 bits per heavy atom. The van der Waals surface area contributed by atoms with Gasteiger partial charge in [-0.25, -0.2) is 4.79 Å². The van der Waals surface area contributed by atoms with E-state index in [1.165, 1.54) is 11.8 Å². The minimum atomic E-state index is -3.55. The maximum Gasteiger partial charge on any atom is 0.344 e. The molecule has 3 saturated heterocycles. The Morgan fingerprint density at radius 2 is 2.13 bits per heavy atom. The zero-order valence-electron chi connectivity index (χ0n) is 12.6. The third-order valence-corrected chi connectivity index (χ3v) is 9.29. The number of hydrogen-bond donors (Lipinski definition) is 0. The van der Waals surface area contributed by atoms with Crippen molar-refractivity contribution in [2.75, 3.05) is 6.61 Å². The number of thioether (sulfide) groups is 1. The number of fused-ring (bicyclic) bond motifs is 1. The van der Waals surface area contributed by atoms with Crippen LogP contribution < -0.4 is 0 Å². The summed E-state index contributed by atoms with van der Waals surface area (Å²) in [6.45, 7) is 3.11. The molecule has 6 atom stereocenters. The Bertz CT molecular complexity index is 632. The fraction of sp³-hybridized carbons (Fsp3) is 0.846. The van der Waals surface area contributed by atoms with E-state index in [1.807, 2.05) is 29.5 Å². The van der Waals surface area contributed by atoms with Crippen LogP contribution in [-0.4, -0.2) is 58.3 Å². The van der Waals surface area contributed by atoms with Crippen LogP contribution >= 0.6 is 34.4 Å². The summed E-state index contributed by atoms with van der Waals surface area (Å²) >= 11 is 3.48. The zero-order chi connectivity index (χ0) is 17.0. The van der Waals surface area contributed by atoms with Crippen LogP contribution in [0.25, 0.3) is 0 Å². The number of esters is 2. The van der Waals surface area contributed by atoms with Crippen LogP contribution in [0, 0.1) is 0 Å². The molecule has 130 valence electrons. The predicted octanol–water partition coefficient (Wildman–Crippen LogP) is 1.03. The van der Waals surface area contributed by atoms with Gasteiger partial charge in [-0.15, -0.1) is 11.8 Å². The smallest absolute Gasteiger partial charge is 0.344 e. The first-order valence-electron chi connectivity index (χ1n) is 7.29. The lowest BCUT2D eigenvalue weighted by molar-refractivity contribution is -0.165. The van der Waals surface area contributed by atoms with E-state index in [-0.39, 0.29) is 10.5 Å². The molecule has 6 unspecified atom stereocenters. The third kappa shape index (κ3) is 3.11. The molecule has 0 N–H and O–H groups in total. The number of ether oxygens (including phenoxy) is 2. The number of hydrogen-bond acceptors (Lipinski definition) is 8. The Morgan fingerprint density at radius 1 is 1.43 bits per heavy atom. The second-order valence-electron chi connectivity index (χ2n) is 6.05. The number of alkyl halides is 1. The van der Waals surface area contributed by atoms with Crippen LogP contribution in [0.4, 0.5) is 0 Å². The van der Waals surface area contributed by atoms with E-state index in [0.717, 1.165) is 0 Å². The lowest BCUT2D eigenvalue weighted by Crippen LogP contribution is -2.42. The first-order chi connectivity index (χ1) is 10.7. The Balaban J connectivity index is 1.55. The van der Waals surface area contributed by atoms with Crippen LogP contribution in [-0.2, 0) is 33.4 Å². The molecule has 0 aromatic carbocycles. The Labute approximate surface area is 152 Å². The van der Waals surface area contributed by atoms with Gasteiger partial charge in [-0.2, -0.15) is 8.42 Å². The van der Waals surface area contributed by atoms with Crippen molar-refractivity contribution >= 4 is 56.4 Å². The largest absolute Gasteiger partial charge is 0.456 e. The van der Waals surface area contributed by atoms with E-state index in [0.29, 0.717) is 12.8 Å². The highest BCUT2D eigenvalue weighted by atomic mass is 127. The Kier molecular flexibility index (Phi) is 4.65. The van der Waals surface area contributed by atoms with Gasteiger partial charge in [-0.1, -0.05) is 29.5 Å². The minimum Gasteiger partial charge on any atom is -0.456 e. The molecule has 3 aliphatic rings. The van der Waals surface area contributed by atoms with Gasteiger partial charge in [-0.3, -0.25) is 8.98 Å². The van der Waals surface area contributed by atoms with Crippen molar-refractivity contribution in [3.8, 4) is 0 Å². The summed E-state index contributed by atoms with van der Waals surface area (Å²) < 4.78 is 38.4. The second-order valence-corrected chi connectivity index (χ2v) is 11.6. The molecule has 0 amide bonds. The van der Waals surface area contributed by atoms with E-state index < -0.39 is 49.5 Å². The topological polar surface area (TPSA) is 96.0 Å². The van der Waals surface area contributed by atoms with E-state index in [1.54, 1.807) is 6.92 Å². The summed E-state index contributed by atoms with van der Waals surface area (Å²) in [6.07, 6.45) is -0.187. The average Bonchev–Trinajstić information content (AvgIpc) is 3.08. The molecule has 3 rings (SSSR count). The highest BCUT2D eigenvalue weighted by molar-refractivity contribution is 14.1. The molecule has 0 aromatic heterocycles. The number of halogens is 1. The van der Waals surface area contributed by atoms with Gasteiger partial charge >= 0.3 is 11.9 Å². The van der Waals surface area contributed by atoms with Crippen LogP contribution in [0.2, 0.25) is 0 Å². The lowest BCUT2D eigenvalue weighted by atomic mass is 9.94. The van der Waals surface area contributed by atoms with Gasteiger partial charge in [-0.05, 0) is 19.8 Å². The zero-order valence-corrected chi connectivity index (χ0v) is 16.4. The first-order valence-corrected chi connectivity index (χ1v) is 10.8. The molecular formula is C13H17IO7S2. The van der Waals surface area contributed by atoms with Crippen LogP contribution in [0.5, 0.6) is 0 Å². The summed E-state index contributed by atoms with van der Waals surface area (Å²) in [6, 6.07) is 0. The van der Waals surface area contributed by atoms with Gasteiger partial charge in [0, 0.05) is 5.25 Å². The SMILES string of the molecule is CCC(C)(I)C(=O)OCC(=O)OC1C2CC3C(S2)C1OS3(=O)=O. The normalized spacial score (nSPS) is 39.0. The van der Waals surface area contributed by atoms with Crippen molar-refractivity contribution in [2.24, 2.45) is 0 Å². The molecule has 0 saturated carbocycles. The third-order valence-electron chi connectivity index (χ3n) is 4.47. The van der Waals surface area contributed by atoms with Crippen molar-refractivity contribution in [1.82, 2.24) is 0 Å². The molecule has 3 aliphatic heterocycles. The van der Waals surface area contributed by atoms with Crippen molar-refractivity contribution in [1.29, 1.82) is 0 Å². The minimum absolute atomic E-state index is 0.0718. The fourth-order valence-corrected chi connectivity index (χ4v) is 7.27. The van der Waals surface area contributed by atoms with Crippen LogP contribution in [0.3, 0.4) is 0 Å². The molecular weight excluding hydrogens is 459 g/mol. The molecule has 23 heavy (non-hydrogen) atoms. The van der Waals surface area contributed by atoms with Crippen LogP contribution in [0.15, 0.2) is 0 Å². The fourth-order valence-electron chi connectivity index (χ4n) is 2.97. The van der Waals surface area contributed by atoms with Gasteiger partial charge < -0.3 is 9.47 Å². The summed E-state index contributed by atoms with van der Waals surface area (Å²) in [4.78, 5) is 23.7. The molecule has 0 radical (unpaired) electrons. The van der Waals surface area contributed by atoms with Crippen molar-refractivity contribution in [3.05, 3.63) is 0 Å². The molecule has 10 heteroatoms. The number of rotatable bonds is 5. The van der Waals surface area contributed by atoms with E-state index in [9.17, 15) is 18.0 Å². The average molecular weight is 476 g/mol. The quantitative estimate of drug-likeness (QED) is 0.251. The maximum absolute atomic E-state index is 11.9. The van der Waals surface area contributed by atoms with Gasteiger partial charge in [0.25, 0.3) is 10.1 Å². The monoisotopic (exact) mass is 476 g/mol. The number of carbonyl (C=O) groups excluding carboxylic acids is 2. The van der Waals surface area contributed by atoms with Crippen molar-refractivity contribution in [3.63, 3.8) is 0 Å². The predicted molar refractivity (Wildman–Crippen MR) is 90.9 cm³/mol. The van der Waals surface area contributed by atoms with Gasteiger partial charge in [0.2, 0.25) is 0 Å². The van der Waals surface area contributed by atoms with E-state index in [4.69, 9.17) is 13.7 Å². The van der Waals surface area contributed by atoms with Gasteiger partial charge in [0.15, 0.2) is 6.61 Å². The first kappa shape index (κ1) is 17.7. The number of carbonyl (C=O) groups is 2. The standard InChI is InChI=1S/C13H17IO7S2/c1-3-13(2,14)12(16)19-5-8(15)20-9-6-4-7-11(22-6)10(9)21-23(7,17)18/h6-7,9-11H,3-5H2,1-2H3. The molecule has 0 aliphatic carbocycles. The van der Waals surface area contributed by atoms with E-state index >= 15 is 0 Å². The van der Waals surface area contributed by atoms with Gasteiger partial charge in [0.05, 0.1) is 5.25 Å². The molecule has 3 heterocycles. The highest BCUT2D eigenvalue weighted by Gasteiger charge is 2.66. The van der Waals surface area contributed by atoms with E-state index in [2.05, 4.69) is 0 Å². The molecule has 0 spiro atoms. The molecule has 2 bridgehead atoms. The summed E-state index contributed by atoms with van der Waals surface area (Å²) in [7, 11) is -3.55. The summed E-state index contributed by atoms with van der Waals surface area (Å²) in [5.74, 6) is -1.15. The molecule has 7 nitrogen and oxygen atoms in total. The summed E-state index contributed by atoms with van der Waals surface area (Å²) in [5, 5.41) is -0.722. The lowest BCUT2D eigenvalue weighted by Gasteiger charge is -2.24. The van der Waals surface area contributed by atoms with Crippen molar-refractivity contribution < 1.29 is 31.7 Å². The summed E-state index contributed by atoms with van der Waals surface area (Å²) in [5.41, 5.74) is 0. The molecule has 3 fully saturated rings. The van der Waals surface area contributed by atoms with Gasteiger partial charge in [0.1, 0.15) is 20.9 Å².